The van der Waals surface area contributed by atoms with Crippen molar-refractivity contribution in [2.75, 3.05) is 5.32 Å². The van der Waals surface area contributed by atoms with E-state index in [1.165, 1.54) is 64.4 Å². The predicted octanol–water partition coefficient (Wildman–Crippen LogP) is 12.1. The molecule has 8 rings (SSSR count). The van der Waals surface area contributed by atoms with Crippen molar-refractivity contribution in [2.24, 2.45) is 0 Å². The second-order valence-electron chi connectivity index (χ2n) is 11.2. The van der Waals surface area contributed by atoms with E-state index in [1.54, 1.807) is 0 Å². The minimum Gasteiger partial charge on any atom is -0.355 e. The summed E-state index contributed by atoms with van der Waals surface area (Å²) in [6, 6.07) is 60.8. The fourth-order valence-electron chi connectivity index (χ4n) is 6.31. The standard InChI is InChI=1S/C42H29IN2/c43-39-20-9-7-18-35(39)32-22-24-40(44-33-14-3-1-4-15-33)37(28-32)31-13-11-12-29(26-31)30-23-25-42-38(27-30)36-19-8-10-21-41(36)45(42)34-16-5-2-6-17-34/h1-28,44H. The zero-order chi connectivity index (χ0) is 30.2. The molecule has 0 saturated carbocycles. The summed E-state index contributed by atoms with van der Waals surface area (Å²) in [6.45, 7) is 0. The van der Waals surface area contributed by atoms with Gasteiger partial charge >= 0.3 is 0 Å². The van der Waals surface area contributed by atoms with Crippen molar-refractivity contribution >= 4 is 55.8 Å². The SMILES string of the molecule is Ic1ccccc1-c1ccc(Nc2ccccc2)c(-c2cccc(-c3ccc4c(c3)c3ccccc3n4-c3ccccc3)c2)c1. The fraction of sp³-hybridized carbons (Fsp3) is 0. The van der Waals surface area contributed by atoms with Crippen LogP contribution in [-0.4, -0.2) is 4.57 Å². The molecule has 1 N–H and O–H groups in total. The van der Waals surface area contributed by atoms with Crippen LogP contribution >= 0.6 is 22.6 Å². The lowest BCUT2D eigenvalue weighted by Gasteiger charge is -2.16. The summed E-state index contributed by atoms with van der Waals surface area (Å²) in [4.78, 5) is 0. The number of aromatic nitrogens is 1. The molecule has 214 valence electrons. The number of rotatable bonds is 6. The van der Waals surface area contributed by atoms with Gasteiger partial charge in [0.1, 0.15) is 0 Å². The first kappa shape index (κ1) is 27.4. The fourth-order valence-corrected chi connectivity index (χ4v) is 7.00. The average Bonchev–Trinajstić information content (AvgIpc) is 3.43. The Balaban J connectivity index is 1.27. The number of hydrogen-bond donors (Lipinski definition) is 1. The van der Waals surface area contributed by atoms with Crippen molar-refractivity contribution in [3.05, 3.63) is 173 Å². The topological polar surface area (TPSA) is 17.0 Å². The van der Waals surface area contributed by atoms with Crippen LogP contribution in [0, 0.1) is 3.57 Å². The molecule has 1 heterocycles. The van der Waals surface area contributed by atoms with Crippen LogP contribution < -0.4 is 5.32 Å². The van der Waals surface area contributed by atoms with Crippen LogP contribution in [-0.2, 0) is 0 Å². The van der Waals surface area contributed by atoms with Crippen LogP contribution in [0.5, 0.6) is 0 Å². The summed E-state index contributed by atoms with van der Waals surface area (Å²) < 4.78 is 3.60. The molecule has 0 aliphatic heterocycles. The van der Waals surface area contributed by atoms with Gasteiger partial charge in [-0.1, -0.05) is 103 Å². The molecule has 0 unspecified atom stereocenters. The Morgan fingerprint density at radius 3 is 1.91 bits per heavy atom. The lowest BCUT2D eigenvalue weighted by Crippen LogP contribution is -1.95. The molecule has 7 aromatic carbocycles. The Labute approximate surface area is 276 Å². The average molecular weight is 689 g/mol. The molecular formula is C42H29IN2. The maximum absolute atomic E-state index is 3.68. The van der Waals surface area contributed by atoms with Gasteiger partial charge in [-0.2, -0.15) is 0 Å². The van der Waals surface area contributed by atoms with Crippen LogP contribution in [0.3, 0.4) is 0 Å². The third-order valence-electron chi connectivity index (χ3n) is 8.45. The highest BCUT2D eigenvalue weighted by Crippen LogP contribution is 2.39. The zero-order valence-electron chi connectivity index (χ0n) is 24.5. The van der Waals surface area contributed by atoms with E-state index in [0.29, 0.717) is 0 Å². The van der Waals surface area contributed by atoms with Crippen LogP contribution in [0.1, 0.15) is 0 Å². The predicted molar refractivity (Wildman–Crippen MR) is 200 cm³/mol. The Morgan fingerprint density at radius 2 is 1.07 bits per heavy atom. The number of nitrogens with zero attached hydrogens (tertiary/aromatic N) is 1. The van der Waals surface area contributed by atoms with E-state index in [0.717, 1.165) is 11.4 Å². The normalized spacial score (nSPS) is 11.2. The maximum atomic E-state index is 3.68. The van der Waals surface area contributed by atoms with E-state index in [1.807, 2.05) is 6.07 Å². The van der Waals surface area contributed by atoms with E-state index in [9.17, 15) is 0 Å². The minimum absolute atomic E-state index is 1.07. The van der Waals surface area contributed by atoms with Gasteiger partial charge in [0, 0.05) is 37.0 Å². The molecule has 0 fully saturated rings. The van der Waals surface area contributed by atoms with E-state index in [4.69, 9.17) is 0 Å². The van der Waals surface area contributed by atoms with Crippen LogP contribution in [0.2, 0.25) is 0 Å². The Kier molecular flexibility index (Phi) is 7.16. The molecule has 0 saturated heterocycles. The summed E-state index contributed by atoms with van der Waals surface area (Å²) in [5.74, 6) is 0. The van der Waals surface area contributed by atoms with Gasteiger partial charge in [0.15, 0.2) is 0 Å². The van der Waals surface area contributed by atoms with Crippen LogP contribution in [0.25, 0.3) is 60.9 Å². The second kappa shape index (κ2) is 11.8. The molecule has 0 aliphatic rings. The molecule has 0 amide bonds. The molecular weight excluding hydrogens is 659 g/mol. The highest BCUT2D eigenvalue weighted by atomic mass is 127. The van der Waals surface area contributed by atoms with Gasteiger partial charge in [0.05, 0.1) is 11.0 Å². The van der Waals surface area contributed by atoms with Crippen LogP contribution in [0.15, 0.2) is 170 Å². The zero-order valence-corrected chi connectivity index (χ0v) is 26.6. The minimum atomic E-state index is 1.07. The van der Waals surface area contributed by atoms with Gasteiger partial charge in [0.2, 0.25) is 0 Å². The van der Waals surface area contributed by atoms with Gasteiger partial charge in [-0.25, -0.2) is 0 Å². The third-order valence-corrected chi connectivity index (χ3v) is 9.39. The molecule has 45 heavy (non-hydrogen) atoms. The molecule has 0 bridgehead atoms. The van der Waals surface area contributed by atoms with Crippen molar-refractivity contribution in [1.29, 1.82) is 0 Å². The third kappa shape index (κ3) is 5.19. The van der Waals surface area contributed by atoms with Crippen molar-refractivity contribution in [2.45, 2.75) is 0 Å². The quantitative estimate of drug-likeness (QED) is 0.172. The van der Waals surface area contributed by atoms with E-state index in [2.05, 4.69) is 196 Å². The summed E-state index contributed by atoms with van der Waals surface area (Å²) in [5.41, 5.74) is 12.9. The molecule has 8 aromatic rings. The molecule has 1 aromatic heterocycles. The molecule has 2 nitrogen and oxygen atoms in total. The van der Waals surface area contributed by atoms with E-state index < -0.39 is 0 Å². The molecule has 0 aliphatic carbocycles. The Hall–Kier alpha value is -5.13. The van der Waals surface area contributed by atoms with Gasteiger partial charge in [0.25, 0.3) is 0 Å². The van der Waals surface area contributed by atoms with Crippen molar-refractivity contribution < 1.29 is 0 Å². The molecule has 0 radical (unpaired) electrons. The summed E-state index contributed by atoms with van der Waals surface area (Å²) in [7, 11) is 0. The number of nitrogens with one attached hydrogen (secondary N) is 1. The van der Waals surface area contributed by atoms with E-state index >= 15 is 0 Å². The molecule has 3 heteroatoms. The van der Waals surface area contributed by atoms with Crippen LogP contribution in [0.4, 0.5) is 11.4 Å². The van der Waals surface area contributed by atoms with E-state index in [-0.39, 0.29) is 0 Å². The number of hydrogen-bond acceptors (Lipinski definition) is 1. The lowest BCUT2D eigenvalue weighted by molar-refractivity contribution is 1.18. The largest absolute Gasteiger partial charge is 0.355 e. The number of para-hydroxylation sites is 3. The second-order valence-corrected chi connectivity index (χ2v) is 12.4. The molecule has 0 spiro atoms. The highest BCUT2D eigenvalue weighted by Gasteiger charge is 2.15. The Bertz CT molecular complexity index is 2300. The first-order valence-corrected chi connectivity index (χ1v) is 16.2. The monoisotopic (exact) mass is 688 g/mol. The lowest BCUT2D eigenvalue weighted by atomic mass is 9.94. The van der Waals surface area contributed by atoms with Crippen molar-refractivity contribution in [3.63, 3.8) is 0 Å². The number of fused-ring (bicyclic) bond motifs is 3. The first-order chi connectivity index (χ1) is 22.2. The smallest absolute Gasteiger partial charge is 0.0541 e. The Morgan fingerprint density at radius 1 is 0.422 bits per heavy atom. The van der Waals surface area contributed by atoms with Gasteiger partial charge in [-0.15, -0.1) is 0 Å². The van der Waals surface area contributed by atoms with Gasteiger partial charge in [-0.05, 0) is 117 Å². The van der Waals surface area contributed by atoms with Gasteiger partial charge < -0.3 is 9.88 Å². The number of anilines is 2. The summed E-state index contributed by atoms with van der Waals surface area (Å²) in [6.07, 6.45) is 0. The number of halogens is 1. The highest BCUT2D eigenvalue weighted by molar-refractivity contribution is 14.1. The number of benzene rings is 7. The van der Waals surface area contributed by atoms with Gasteiger partial charge in [-0.3, -0.25) is 0 Å². The summed E-state index contributed by atoms with van der Waals surface area (Å²) >= 11 is 2.43. The van der Waals surface area contributed by atoms with Crippen molar-refractivity contribution in [3.8, 4) is 39.1 Å². The summed E-state index contributed by atoms with van der Waals surface area (Å²) in [5, 5.41) is 6.19. The first-order valence-electron chi connectivity index (χ1n) is 15.1. The maximum Gasteiger partial charge on any atom is 0.0541 e. The van der Waals surface area contributed by atoms with Crippen molar-refractivity contribution in [1.82, 2.24) is 4.57 Å². The molecule has 0 atom stereocenters.